The first-order chi connectivity index (χ1) is 9.81. The van der Waals surface area contributed by atoms with E-state index in [0.29, 0.717) is 6.54 Å². The molecule has 102 valence electrons. The van der Waals surface area contributed by atoms with Gasteiger partial charge in [0.05, 0.1) is 0 Å². The molecule has 0 bridgehead atoms. The predicted molar refractivity (Wildman–Crippen MR) is 83.4 cm³/mol. The minimum Gasteiger partial charge on any atom is -0.353 e. The predicted octanol–water partition coefficient (Wildman–Crippen LogP) is 3.59. The molecule has 2 aromatic carbocycles. The quantitative estimate of drug-likeness (QED) is 0.627. The Morgan fingerprint density at radius 2 is 1.75 bits per heavy atom. The molecule has 0 saturated carbocycles. The Labute approximate surface area is 120 Å². The molecule has 0 fully saturated rings. The third-order valence-corrected chi connectivity index (χ3v) is 3.21. The molecule has 0 aromatic heterocycles. The van der Waals surface area contributed by atoms with Crippen molar-refractivity contribution in [3.8, 4) is 11.1 Å². The molecular formula is C18H19NO. The second-order valence-corrected chi connectivity index (χ2v) is 4.62. The first-order valence-corrected chi connectivity index (χ1v) is 6.85. The lowest BCUT2D eigenvalue weighted by Crippen LogP contribution is -2.22. The van der Waals surface area contributed by atoms with E-state index in [9.17, 15) is 4.79 Å². The molecule has 0 spiro atoms. The van der Waals surface area contributed by atoms with Gasteiger partial charge >= 0.3 is 0 Å². The number of hydrogen-bond donors (Lipinski definition) is 1. The van der Waals surface area contributed by atoms with Crippen LogP contribution in [0.1, 0.15) is 12.0 Å². The highest BCUT2D eigenvalue weighted by atomic mass is 16.1. The monoisotopic (exact) mass is 265 g/mol. The van der Waals surface area contributed by atoms with Crippen molar-refractivity contribution in [1.29, 1.82) is 0 Å². The second kappa shape index (κ2) is 7.29. The topological polar surface area (TPSA) is 29.1 Å². The van der Waals surface area contributed by atoms with Crippen LogP contribution < -0.4 is 5.32 Å². The van der Waals surface area contributed by atoms with Gasteiger partial charge in [-0.1, -0.05) is 61.2 Å². The van der Waals surface area contributed by atoms with Crippen molar-refractivity contribution in [2.75, 3.05) is 6.54 Å². The lowest BCUT2D eigenvalue weighted by molar-refractivity contribution is -0.116. The fourth-order valence-electron chi connectivity index (χ4n) is 2.20. The zero-order chi connectivity index (χ0) is 14.2. The van der Waals surface area contributed by atoms with Gasteiger partial charge in [0.25, 0.3) is 0 Å². The molecule has 2 nitrogen and oxygen atoms in total. The summed E-state index contributed by atoms with van der Waals surface area (Å²) in [6, 6.07) is 18.8. The third kappa shape index (κ3) is 3.82. The van der Waals surface area contributed by atoms with E-state index >= 15 is 0 Å². The Morgan fingerprint density at radius 1 is 1.05 bits per heavy atom. The van der Waals surface area contributed by atoms with Crippen molar-refractivity contribution in [2.45, 2.75) is 12.8 Å². The van der Waals surface area contributed by atoms with E-state index < -0.39 is 0 Å². The summed E-state index contributed by atoms with van der Waals surface area (Å²) in [5.74, 6) is -0.110. The summed E-state index contributed by atoms with van der Waals surface area (Å²) in [6.07, 6.45) is 3.17. The van der Waals surface area contributed by atoms with E-state index in [0.717, 1.165) is 12.8 Å². The zero-order valence-electron chi connectivity index (χ0n) is 11.5. The van der Waals surface area contributed by atoms with Crippen molar-refractivity contribution in [3.63, 3.8) is 0 Å². The SMILES string of the molecule is C=CC(=O)NCCCc1ccccc1-c1ccccc1. The number of benzene rings is 2. The molecule has 0 radical (unpaired) electrons. The summed E-state index contributed by atoms with van der Waals surface area (Å²) >= 11 is 0. The summed E-state index contributed by atoms with van der Waals surface area (Å²) in [4.78, 5) is 11.1. The molecule has 0 heterocycles. The van der Waals surface area contributed by atoms with Crippen LogP contribution in [-0.2, 0) is 11.2 Å². The number of carbonyl (C=O) groups excluding carboxylic acids is 1. The molecule has 20 heavy (non-hydrogen) atoms. The lowest BCUT2D eigenvalue weighted by Gasteiger charge is -2.10. The number of carbonyl (C=O) groups is 1. The highest BCUT2D eigenvalue weighted by Crippen LogP contribution is 2.24. The second-order valence-electron chi connectivity index (χ2n) is 4.62. The zero-order valence-corrected chi connectivity index (χ0v) is 11.5. The Hall–Kier alpha value is -2.35. The van der Waals surface area contributed by atoms with Gasteiger partial charge in [0.1, 0.15) is 0 Å². The van der Waals surface area contributed by atoms with Crippen LogP contribution in [0.5, 0.6) is 0 Å². The van der Waals surface area contributed by atoms with Crippen LogP contribution in [0.4, 0.5) is 0 Å². The highest BCUT2D eigenvalue weighted by molar-refractivity contribution is 5.86. The van der Waals surface area contributed by atoms with Crippen LogP contribution >= 0.6 is 0 Å². The highest BCUT2D eigenvalue weighted by Gasteiger charge is 2.04. The molecule has 0 aliphatic heterocycles. The summed E-state index contributed by atoms with van der Waals surface area (Å²) in [7, 11) is 0. The summed E-state index contributed by atoms with van der Waals surface area (Å²) in [5, 5.41) is 2.80. The standard InChI is InChI=1S/C18H19NO/c1-2-18(20)19-14-8-12-16-11-6-7-13-17(16)15-9-4-3-5-10-15/h2-7,9-11,13H,1,8,12,14H2,(H,19,20). The average molecular weight is 265 g/mol. The van der Waals surface area contributed by atoms with E-state index in [-0.39, 0.29) is 5.91 Å². The van der Waals surface area contributed by atoms with Gasteiger partial charge in [0.2, 0.25) is 5.91 Å². The van der Waals surface area contributed by atoms with Crippen LogP contribution in [0, 0.1) is 0 Å². The summed E-state index contributed by atoms with van der Waals surface area (Å²) in [5.41, 5.74) is 3.81. The van der Waals surface area contributed by atoms with Crippen LogP contribution in [0.15, 0.2) is 67.3 Å². The van der Waals surface area contributed by atoms with E-state index in [2.05, 4.69) is 60.4 Å². The Morgan fingerprint density at radius 3 is 2.50 bits per heavy atom. The first kappa shape index (κ1) is 14.1. The Kier molecular flexibility index (Phi) is 5.13. The normalized spacial score (nSPS) is 10.0. The molecule has 0 unspecified atom stereocenters. The number of hydrogen-bond acceptors (Lipinski definition) is 1. The number of rotatable bonds is 6. The van der Waals surface area contributed by atoms with Gasteiger partial charge in [-0.2, -0.15) is 0 Å². The smallest absolute Gasteiger partial charge is 0.243 e. The van der Waals surface area contributed by atoms with E-state index in [4.69, 9.17) is 0 Å². The largest absolute Gasteiger partial charge is 0.353 e. The number of amides is 1. The van der Waals surface area contributed by atoms with Gasteiger partial charge in [-0.15, -0.1) is 0 Å². The lowest BCUT2D eigenvalue weighted by atomic mass is 9.97. The van der Waals surface area contributed by atoms with Gasteiger partial charge < -0.3 is 5.32 Å². The summed E-state index contributed by atoms with van der Waals surface area (Å²) in [6.45, 7) is 4.11. The van der Waals surface area contributed by atoms with Crippen molar-refractivity contribution < 1.29 is 4.79 Å². The molecule has 2 rings (SSSR count). The minimum atomic E-state index is -0.110. The Balaban J connectivity index is 2.02. The maximum atomic E-state index is 11.1. The maximum Gasteiger partial charge on any atom is 0.243 e. The number of nitrogens with one attached hydrogen (secondary N) is 1. The van der Waals surface area contributed by atoms with Crippen molar-refractivity contribution >= 4 is 5.91 Å². The van der Waals surface area contributed by atoms with Crippen molar-refractivity contribution in [3.05, 3.63) is 72.8 Å². The Bertz CT molecular complexity index is 575. The van der Waals surface area contributed by atoms with Gasteiger partial charge in [0.15, 0.2) is 0 Å². The average Bonchev–Trinajstić information content (AvgIpc) is 2.52. The van der Waals surface area contributed by atoms with Gasteiger partial charge in [-0.3, -0.25) is 4.79 Å². The van der Waals surface area contributed by atoms with Crippen molar-refractivity contribution in [1.82, 2.24) is 5.32 Å². The molecular weight excluding hydrogens is 246 g/mol. The van der Waals surface area contributed by atoms with Crippen LogP contribution in [0.25, 0.3) is 11.1 Å². The van der Waals surface area contributed by atoms with E-state index in [1.54, 1.807) is 0 Å². The fourth-order valence-corrected chi connectivity index (χ4v) is 2.20. The molecule has 0 aliphatic carbocycles. The van der Waals surface area contributed by atoms with E-state index in [1.807, 2.05) is 6.07 Å². The summed E-state index contributed by atoms with van der Waals surface area (Å²) < 4.78 is 0. The van der Waals surface area contributed by atoms with Crippen LogP contribution in [0.2, 0.25) is 0 Å². The molecule has 0 saturated heterocycles. The number of aryl methyl sites for hydroxylation is 1. The molecule has 0 aliphatic rings. The van der Waals surface area contributed by atoms with Gasteiger partial charge in [-0.25, -0.2) is 0 Å². The molecule has 0 atom stereocenters. The van der Waals surface area contributed by atoms with Gasteiger partial charge in [-0.05, 0) is 35.6 Å². The molecule has 2 heteroatoms. The molecule has 2 aromatic rings. The van der Waals surface area contributed by atoms with Crippen molar-refractivity contribution in [2.24, 2.45) is 0 Å². The minimum absolute atomic E-state index is 0.110. The fraction of sp³-hybridized carbons (Fsp3) is 0.167. The molecule has 1 N–H and O–H groups in total. The third-order valence-electron chi connectivity index (χ3n) is 3.21. The van der Waals surface area contributed by atoms with Gasteiger partial charge in [0, 0.05) is 6.54 Å². The first-order valence-electron chi connectivity index (χ1n) is 6.85. The van der Waals surface area contributed by atoms with Crippen LogP contribution in [-0.4, -0.2) is 12.5 Å². The van der Waals surface area contributed by atoms with E-state index in [1.165, 1.54) is 22.8 Å². The van der Waals surface area contributed by atoms with Crippen LogP contribution in [0.3, 0.4) is 0 Å². The molecule has 1 amide bonds. The maximum absolute atomic E-state index is 11.1.